The summed E-state index contributed by atoms with van der Waals surface area (Å²) in [7, 11) is 2.18. The Morgan fingerprint density at radius 2 is 1.98 bits per heavy atom. The standard InChI is InChI=1S/C31H36N4O5/c1-33-13-15-34(16-14-33)11-5-17-38-25-8-9-26-24(20-25)10-12-35-27(26)21-29(32-31(35)36)40-30(23-6-3-2-4-7-23)28-22-37-18-19-39-28/h2-3,6,8-9,18-22,30H,4-5,7,10-17H2,1H3. The Labute approximate surface area is 234 Å². The molecule has 1 unspecified atom stereocenters. The number of piperazine rings is 1. The SMILES string of the molecule is CN1CCN(CCCOc2ccc3c(c2)CCn2c-3cc(OC(C3=CC=CCC3)C3=COC=CO3)nc2=O)CC1. The van der Waals surface area contributed by atoms with Crippen LogP contribution >= 0.6 is 0 Å². The fraction of sp³-hybridized carbons (Fsp3) is 0.419. The summed E-state index contributed by atoms with van der Waals surface area (Å²) >= 11 is 0. The van der Waals surface area contributed by atoms with E-state index >= 15 is 0 Å². The van der Waals surface area contributed by atoms with Gasteiger partial charge in [0.15, 0.2) is 11.9 Å². The zero-order valence-corrected chi connectivity index (χ0v) is 23.0. The summed E-state index contributed by atoms with van der Waals surface area (Å²) in [6.07, 6.45) is 13.5. The highest BCUT2D eigenvalue weighted by molar-refractivity contribution is 5.67. The third-order valence-electron chi connectivity index (χ3n) is 7.83. The Balaban J connectivity index is 1.17. The zero-order chi connectivity index (χ0) is 27.3. The largest absolute Gasteiger partial charge is 0.494 e. The number of hydrogen-bond acceptors (Lipinski definition) is 8. The van der Waals surface area contributed by atoms with Gasteiger partial charge in [-0.3, -0.25) is 4.57 Å². The first-order chi connectivity index (χ1) is 19.6. The van der Waals surface area contributed by atoms with Crippen molar-refractivity contribution in [2.24, 2.45) is 0 Å². The molecule has 210 valence electrons. The van der Waals surface area contributed by atoms with Crippen LogP contribution < -0.4 is 15.2 Å². The van der Waals surface area contributed by atoms with E-state index < -0.39 is 6.10 Å². The summed E-state index contributed by atoms with van der Waals surface area (Å²) in [5.41, 5.74) is 3.65. The van der Waals surface area contributed by atoms with Crippen molar-refractivity contribution in [1.29, 1.82) is 0 Å². The van der Waals surface area contributed by atoms with Crippen LogP contribution in [0.4, 0.5) is 0 Å². The van der Waals surface area contributed by atoms with Crippen LogP contribution in [0.1, 0.15) is 24.8 Å². The Kier molecular flexibility index (Phi) is 8.02. The van der Waals surface area contributed by atoms with Gasteiger partial charge < -0.3 is 28.7 Å². The van der Waals surface area contributed by atoms with E-state index in [0.29, 0.717) is 18.9 Å². The summed E-state index contributed by atoms with van der Waals surface area (Å²) in [6.45, 7) is 6.82. The number of nitrogens with zero attached hydrogens (tertiary/aromatic N) is 4. The highest BCUT2D eigenvalue weighted by Crippen LogP contribution is 2.34. The van der Waals surface area contributed by atoms with Crippen molar-refractivity contribution in [2.45, 2.75) is 38.3 Å². The molecule has 0 N–H and O–H groups in total. The molecule has 1 fully saturated rings. The summed E-state index contributed by atoms with van der Waals surface area (Å²) in [5, 5.41) is 0. The number of rotatable bonds is 9. The van der Waals surface area contributed by atoms with E-state index in [-0.39, 0.29) is 11.6 Å². The lowest BCUT2D eigenvalue weighted by molar-refractivity contribution is 0.145. The summed E-state index contributed by atoms with van der Waals surface area (Å²) in [5.74, 6) is 1.64. The number of aryl methyl sites for hydroxylation is 1. The van der Waals surface area contributed by atoms with E-state index in [1.165, 1.54) is 18.8 Å². The fourth-order valence-electron chi connectivity index (χ4n) is 5.56. The van der Waals surface area contributed by atoms with Crippen LogP contribution in [0.5, 0.6) is 11.6 Å². The highest BCUT2D eigenvalue weighted by atomic mass is 16.6. The summed E-state index contributed by atoms with van der Waals surface area (Å²) in [6, 6.07) is 7.98. The van der Waals surface area contributed by atoms with Gasteiger partial charge >= 0.3 is 5.69 Å². The number of fused-ring (bicyclic) bond motifs is 3. The molecule has 0 saturated carbocycles. The van der Waals surface area contributed by atoms with Gasteiger partial charge in [0.1, 0.15) is 24.5 Å². The van der Waals surface area contributed by atoms with Gasteiger partial charge in [-0.2, -0.15) is 4.98 Å². The molecule has 0 radical (unpaired) electrons. The third-order valence-corrected chi connectivity index (χ3v) is 7.83. The normalized spacial score (nSPS) is 19.4. The van der Waals surface area contributed by atoms with Crippen molar-refractivity contribution < 1.29 is 18.9 Å². The topological polar surface area (TPSA) is 78.3 Å². The average Bonchev–Trinajstić information content (AvgIpc) is 2.99. The molecule has 0 spiro atoms. The highest BCUT2D eigenvalue weighted by Gasteiger charge is 2.27. The van der Waals surface area contributed by atoms with Crippen molar-refractivity contribution in [2.75, 3.05) is 46.4 Å². The maximum atomic E-state index is 13.1. The zero-order valence-electron chi connectivity index (χ0n) is 23.0. The van der Waals surface area contributed by atoms with Crippen LogP contribution in [0.3, 0.4) is 0 Å². The number of hydrogen-bond donors (Lipinski definition) is 0. The first kappa shape index (κ1) is 26.4. The lowest BCUT2D eigenvalue weighted by Crippen LogP contribution is -2.44. The molecule has 1 aliphatic carbocycles. The van der Waals surface area contributed by atoms with Crippen LogP contribution in [-0.2, 0) is 22.4 Å². The minimum atomic E-state index is -0.547. The molecule has 6 rings (SSSR count). The quantitative estimate of drug-likeness (QED) is 0.441. The molecule has 40 heavy (non-hydrogen) atoms. The van der Waals surface area contributed by atoms with Crippen molar-refractivity contribution in [3.63, 3.8) is 0 Å². The minimum absolute atomic E-state index is 0.257. The Bertz CT molecular complexity index is 1400. The van der Waals surface area contributed by atoms with E-state index in [1.54, 1.807) is 4.57 Å². The van der Waals surface area contributed by atoms with Crippen LogP contribution in [0.15, 0.2) is 77.4 Å². The summed E-state index contributed by atoms with van der Waals surface area (Å²) < 4.78 is 25.2. The fourth-order valence-corrected chi connectivity index (χ4v) is 5.56. The average molecular weight is 545 g/mol. The molecule has 1 aromatic heterocycles. The lowest BCUT2D eigenvalue weighted by Gasteiger charge is -2.32. The van der Waals surface area contributed by atoms with Gasteiger partial charge in [-0.25, -0.2) is 4.79 Å². The molecule has 2 aromatic rings. The predicted octanol–water partition coefficient (Wildman–Crippen LogP) is 3.87. The molecule has 1 saturated heterocycles. The molecule has 1 atom stereocenters. The predicted molar refractivity (Wildman–Crippen MR) is 152 cm³/mol. The molecular weight excluding hydrogens is 508 g/mol. The van der Waals surface area contributed by atoms with Crippen LogP contribution in [-0.4, -0.2) is 71.8 Å². The van der Waals surface area contributed by atoms with Crippen LogP contribution in [0.2, 0.25) is 0 Å². The molecule has 4 aliphatic rings. The van der Waals surface area contributed by atoms with Crippen molar-refractivity contribution >= 4 is 0 Å². The minimum Gasteiger partial charge on any atom is -0.494 e. The van der Waals surface area contributed by atoms with Crippen LogP contribution in [0.25, 0.3) is 11.3 Å². The van der Waals surface area contributed by atoms with Crippen molar-refractivity contribution in [3.8, 4) is 22.9 Å². The van der Waals surface area contributed by atoms with Gasteiger partial charge in [0, 0.05) is 50.9 Å². The smallest absolute Gasteiger partial charge is 0.351 e. The second kappa shape index (κ2) is 12.1. The van der Waals surface area contributed by atoms with Crippen molar-refractivity contribution in [1.82, 2.24) is 19.4 Å². The van der Waals surface area contributed by atoms with E-state index in [0.717, 1.165) is 86.6 Å². The van der Waals surface area contributed by atoms with Gasteiger partial charge in [0.25, 0.3) is 0 Å². The number of allylic oxidation sites excluding steroid dienone is 3. The second-order valence-corrected chi connectivity index (χ2v) is 10.6. The number of ether oxygens (including phenoxy) is 4. The number of likely N-dealkylation sites (N-methyl/N-ethyl adjacent to an activating group) is 1. The Hall–Kier alpha value is -3.82. The maximum absolute atomic E-state index is 13.1. The van der Waals surface area contributed by atoms with Gasteiger partial charge in [-0.15, -0.1) is 0 Å². The van der Waals surface area contributed by atoms with Gasteiger partial charge in [0.2, 0.25) is 5.88 Å². The van der Waals surface area contributed by atoms with E-state index in [2.05, 4.69) is 34.0 Å². The lowest BCUT2D eigenvalue weighted by atomic mass is 9.97. The number of benzene rings is 1. The molecule has 1 aromatic carbocycles. The summed E-state index contributed by atoms with van der Waals surface area (Å²) in [4.78, 5) is 22.2. The van der Waals surface area contributed by atoms with Gasteiger partial charge in [-0.1, -0.05) is 18.2 Å². The first-order valence-corrected chi connectivity index (χ1v) is 14.1. The first-order valence-electron chi connectivity index (χ1n) is 14.1. The monoisotopic (exact) mass is 544 g/mol. The van der Waals surface area contributed by atoms with Gasteiger partial charge in [0.05, 0.1) is 12.3 Å². The van der Waals surface area contributed by atoms with Gasteiger partial charge in [-0.05, 0) is 62.1 Å². The maximum Gasteiger partial charge on any atom is 0.351 e. The number of aromatic nitrogens is 2. The molecule has 9 heteroatoms. The molecule has 0 amide bonds. The second-order valence-electron chi connectivity index (χ2n) is 10.6. The van der Waals surface area contributed by atoms with E-state index in [9.17, 15) is 4.79 Å². The van der Waals surface area contributed by atoms with E-state index in [1.807, 2.05) is 30.4 Å². The Morgan fingerprint density at radius 3 is 2.77 bits per heavy atom. The van der Waals surface area contributed by atoms with Crippen molar-refractivity contribution in [3.05, 3.63) is 88.7 Å². The molecule has 4 heterocycles. The third kappa shape index (κ3) is 6.00. The molecular formula is C31H36N4O5. The molecule has 9 nitrogen and oxygen atoms in total. The van der Waals surface area contributed by atoms with E-state index in [4.69, 9.17) is 18.9 Å². The van der Waals surface area contributed by atoms with Crippen LogP contribution in [0, 0.1) is 0 Å². The molecule has 0 bridgehead atoms. The Morgan fingerprint density at radius 1 is 1.07 bits per heavy atom. The molecule has 3 aliphatic heterocycles.